The molecule has 0 saturated heterocycles. The van der Waals surface area contributed by atoms with Crippen LogP contribution < -0.4 is 10.6 Å². The maximum Gasteiger partial charge on any atom is 0.321 e. The van der Waals surface area contributed by atoms with E-state index in [0.717, 1.165) is 22.2 Å². The number of aromatic amines is 1. The first-order chi connectivity index (χ1) is 10.3. The number of carbonyl (C=O) groups is 1. The Kier molecular flexibility index (Phi) is 3.46. The van der Waals surface area contributed by atoms with Gasteiger partial charge in [0, 0.05) is 24.5 Å². The van der Waals surface area contributed by atoms with Crippen molar-refractivity contribution in [1.29, 1.82) is 0 Å². The molecule has 0 bridgehead atoms. The highest BCUT2D eigenvalue weighted by atomic mass is 16.2. The van der Waals surface area contributed by atoms with Crippen molar-refractivity contribution in [2.24, 2.45) is 0 Å². The van der Waals surface area contributed by atoms with Crippen LogP contribution in [-0.2, 0) is 0 Å². The molecule has 3 aromatic rings. The number of H-pyrrole nitrogens is 1. The molecule has 0 aliphatic heterocycles. The molecular formula is C14H14N6O. The van der Waals surface area contributed by atoms with Gasteiger partial charge in [0.15, 0.2) is 0 Å². The topological polar surface area (TPSA) is 95.6 Å². The van der Waals surface area contributed by atoms with Crippen molar-refractivity contribution >= 4 is 23.0 Å². The third-order valence-corrected chi connectivity index (χ3v) is 2.95. The van der Waals surface area contributed by atoms with Gasteiger partial charge in [0.2, 0.25) is 5.95 Å². The second-order valence-corrected chi connectivity index (χ2v) is 4.43. The molecule has 106 valence electrons. The van der Waals surface area contributed by atoms with Gasteiger partial charge in [-0.15, -0.1) is 0 Å². The fourth-order valence-corrected chi connectivity index (χ4v) is 2.01. The van der Waals surface area contributed by atoms with Gasteiger partial charge in [-0.2, -0.15) is 0 Å². The molecule has 2 amide bonds. The first kappa shape index (κ1) is 13.0. The van der Waals surface area contributed by atoms with Gasteiger partial charge in [-0.3, -0.25) is 5.32 Å². The van der Waals surface area contributed by atoms with Crippen LogP contribution in [0.5, 0.6) is 0 Å². The lowest BCUT2D eigenvalue weighted by atomic mass is 10.1. The number of urea groups is 1. The van der Waals surface area contributed by atoms with Crippen LogP contribution in [0.1, 0.15) is 6.92 Å². The van der Waals surface area contributed by atoms with Crippen LogP contribution >= 0.6 is 0 Å². The molecule has 21 heavy (non-hydrogen) atoms. The molecule has 0 saturated carbocycles. The Hall–Kier alpha value is -2.96. The molecule has 0 fully saturated rings. The molecule has 7 heteroatoms. The number of hydrogen-bond acceptors (Lipinski definition) is 4. The van der Waals surface area contributed by atoms with Gasteiger partial charge < -0.3 is 10.3 Å². The third-order valence-electron chi connectivity index (χ3n) is 2.95. The number of anilines is 1. The van der Waals surface area contributed by atoms with E-state index in [1.165, 1.54) is 6.33 Å². The van der Waals surface area contributed by atoms with Gasteiger partial charge >= 0.3 is 6.03 Å². The minimum absolute atomic E-state index is 0.284. The van der Waals surface area contributed by atoms with Gasteiger partial charge in [0.05, 0.1) is 11.0 Å². The van der Waals surface area contributed by atoms with Gasteiger partial charge in [-0.25, -0.2) is 19.7 Å². The van der Waals surface area contributed by atoms with Gasteiger partial charge in [0.1, 0.15) is 6.33 Å². The van der Waals surface area contributed by atoms with Crippen molar-refractivity contribution < 1.29 is 4.79 Å². The Morgan fingerprint density at radius 2 is 2.05 bits per heavy atom. The Balaban J connectivity index is 1.90. The van der Waals surface area contributed by atoms with E-state index in [1.807, 2.05) is 25.1 Å². The minimum atomic E-state index is -0.284. The van der Waals surface area contributed by atoms with E-state index < -0.39 is 0 Å². The maximum absolute atomic E-state index is 11.5. The van der Waals surface area contributed by atoms with Crippen molar-refractivity contribution in [2.45, 2.75) is 6.92 Å². The summed E-state index contributed by atoms with van der Waals surface area (Å²) in [5, 5.41) is 5.30. The fourth-order valence-electron chi connectivity index (χ4n) is 2.01. The van der Waals surface area contributed by atoms with Crippen LogP contribution in [0.2, 0.25) is 0 Å². The molecular weight excluding hydrogens is 268 g/mol. The lowest BCUT2D eigenvalue weighted by Gasteiger charge is -2.00. The molecule has 0 aliphatic rings. The minimum Gasteiger partial charge on any atom is -0.338 e. The molecule has 2 aromatic heterocycles. The zero-order chi connectivity index (χ0) is 14.7. The standard InChI is InChI=1S/C14H14N6O/c1-2-17-14(21)20-13-18-11-4-3-9(5-12(11)19-13)10-6-15-8-16-7-10/h3-8H,2H2,1H3,(H3,17,18,19,20,21). The Morgan fingerprint density at radius 1 is 1.24 bits per heavy atom. The molecule has 2 heterocycles. The number of aromatic nitrogens is 4. The van der Waals surface area contributed by atoms with Crippen molar-refractivity contribution in [2.75, 3.05) is 11.9 Å². The van der Waals surface area contributed by atoms with Crippen LogP contribution in [0, 0.1) is 0 Å². The summed E-state index contributed by atoms with van der Waals surface area (Å²) < 4.78 is 0. The van der Waals surface area contributed by atoms with E-state index in [2.05, 4.69) is 30.6 Å². The van der Waals surface area contributed by atoms with E-state index in [1.54, 1.807) is 12.4 Å². The second-order valence-electron chi connectivity index (χ2n) is 4.43. The highest BCUT2D eigenvalue weighted by molar-refractivity contribution is 5.90. The van der Waals surface area contributed by atoms with Gasteiger partial charge in [-0.05, 0) is 24.6 Å². The largest absolute Gasteiger partial charge is 0.338 e. The maximum atomic E-state index is 11.5. The lowest BCUT2D eigenvalue weighted by Crippen LogP contribution is -2.28. The van der Waals surface area contributed by atoms with Gasteiger partial charge in [-0.1, -0.05) is 6.07 Å². The molecule has 0 spiro atoms. The Labute approximate surface area is 120 Å². The number of fused-ring (bicyclic) bond motifs is 1. The number of benzene rings is 1. The highest BCUT2D eigenvalue weighted by Crippen LogP contribution is 2.23. The van der Waals surface area contributed by atoms with E-state index in [4.69, 9.17) is 0 Å². The van der Waals surface area contributed by atoms with Gasteiger partial charge in [0.25, 0.3) is 0 Å². The summed E-state index contributed by atoms with van der Waals surface area (Å²) in [6.45, 7) is 2.41. The highest BCUT2D eigenvalue weighted by Gasteiger charge is 2.07. The smallest absolute Gasteiger partial charge is 0.321 e. The molecule has 0 atom stereocenters. The third kappa shape index (κ3) is 2.81. The monoisotopic (exact) mass is 282 g/mol. The van der Waals surface area contributed by atoms with E-state index in [9.17, 15) is 4.79 Å². The fraction of sp³-hybridized carbons (Fsp3) is 0.143. The predicted molar refractivity (Wildman–Crippen MR) is 79.8 cm³/mol. The molecule has 0 aliphatic carbocycles. The summed E-state index contributed by atoms with van der Waals surface area (Å²) in [6, 6.07) is 5.49. The summed E-state index contributed by atoms with van der Waals surface area (Å²) in [7, 11) is 0. The molecule has 3 N–H and O–H groups in total. The number of hydrogen-bond donors (Lipinski definition) is 3. The summed E-state index contributed by atoms with van der Waals surface area (Å²) in [4.78, 5) is 26.9. The first-order valence-electron chi connectivity index (χ1n) is 6.56. The first-order valence-corrected chi connectivity index (χ1v) is 6.56. The summed E-state index contributed by atoms with van der Waals surface area (Å²) >= 11 is 0. The summed E-state index contributed by atoms with van der Waals surface area (Å²) in [5.74, 6) is 0.414. The van der Waals surface area contributed by atoms with Crippen molar-refractivity contribution in [1.82, 2.24) is 25.3 Å². The van der Waals surface area contributed by atoms with Crippen LogP contribution in [-0.4, -0.2) is 32.5 Å². The van der Waals surface area contributed by atoms with Crippen LogP contribution in [0.3, 0.4) is 0 Å². The van der Waals surface area contributed by atoms with Crippen molar-refractivity contribution in [3.63, 3.8) is 0 Å². The number of nitrogens with zero attached hydrogens (tertiary/aromatic N) is 3. The lowest BCUT2D eigenvalue weighted by molar-refractivity contribution is 0.252. The van der Waals surface area contributed by atoms with Crippen LogP contribution in [0.15, 0.2) is 36.9 Å². The predicted octanol–water partition coefficient (Wildman–Crippen LogP) is 2.16. The van der Waals surface area contributed by atoms with Crippen LogP contribution in [0.25, 0.3) is 22.2 Å². The molecule has 1 aromatic carbocycles. The molecule has 0 radical (unpaired) electrons. The number of nitrogens with one attached hydrogen (secondary N) is 3. The average molecular weight is 282 g/mol. The Morgan fingerprint density at radius 3 is 2.81 bits per heavy atom. The van der Waals surface area contributed by atoms with Crippen molar-refractivity contribution in [3.8, 4) is 11.1 Å². The Bertz CT molecular complexity index is 767. The zero-order valence-corrected chi connectivity index (χ0v) is 11.4. The molecule has 3 rings (SSSR count). The number of carbonyl (C=O) groups excluding carboxylic acids is 1. The summed E-state index contributed by atoms with van der Waals surface area (Å²) in [6.07, 6.45) is 4.99. The van der Waals surface area contributed by atoms with Crippen molar-refractivity contribution in [3.05, 3.63) is 36.9 Å². The number of imidazole rings is 1. The zero-order valence-electron chi connectivity index (χ0n) is 11.4. The van der Waals surface area contributed by atoms with E-state index in [0.29, 0.717) is 12.5 Å². The van der Waals surface area contributed by atoms with E-state index >= 15 is 0 Å². The van der Waals surface area contributed by atoms with E-state index in [-0.39, 0.29) is 6.03 Å². The number of rotatable bonds is 3. The average Bonchev–Trinajstić information content (AvgIpc) is 2.89. The number of amides is 2. The molecule has 0 unspecified atom stereocenters. The molecule has 7 nitrogen and oxygen atoms in total. The normalized spacial score (nSPS) is 10.5. The summed E-state index contributed by atoms with van der Waals surface area (Å²) in [5.41, 5.74) is 3.52. The SMILES string of the molecule is CCNC(=O)Nc1nc2ccc(-c3cncnc3)cc2[nH]1. The quantitative estimate of drug-likeness (QED) is 0.686. The second kappa shape index (κ2) is 5.58. The van der Waals surface area contributed by atoms with Crippen LogP contribution in [0.4, 0.5) is 10.7 Å².